The van der Waals surface area contributed by atoms with Crippen LogP contribution in [0.5, 0.6) is 0 Å². The van der Waals surface area contributed by atoms with Gasteiger partial charge in [-0.2, -0.15) is 10.2 Å². The number of amides is 2. The maximum Gasteiger partial charge on any atom is 0.341 e. The van der Waals surface area contributed by atoms with Gasteiger partial charge in [-0.1, -0.05) is 0 Å². The summed E-state index contributed by atoms with van der Waals surface area (Å²) in [5.74, 6) is -1.74. The minimum absolute atomic E-state index is 0.0481. The average molecular weight is 512 g/mol. The van der Waals surface area contributed by atoms with E-state index in [1.54, 1.807) is 24.2 Å². The van der Waals surface area contributed by atoms with Gasteiger partial charge in [0.2, 0.25) is 5.95 Å². The van der Waals surface area contributed by atoms with Crippen molar-refractivity contribution in [2.75, 3.05) is 31.1 Å². The lowest BCUT2D eigenvalue weighted by molar-refractivity contribution is -0.108. The lowest BCUT2D eigenvalue weighted by Crippen LogP contribution is -2.52. The first-order valence-electron chi connectivity index (χ1n) is 11.7. The molecule has 1 fully saturated rings. The Kier molecular flexibility index (Phi) is 6.59. The first kappa shape index (κ1) is 24.4. The summed E-state index contributed by atoms with van der Waals surface area (Å²) in [6.45, 7) is 3.16. The topological polar surface area (TPSA) is 99.8 Å². The molecule has 0 unspecified atom stereocenters. The van der Waals surface area contributed by atoms with E-state index in [1.165, 1.54) is 21.8 Å². The van der Waals surface area contributed by atoms with Gasteiger partial charge in [-0.05, 0) is 24.6 Å². The summed E-state index contributed by atoms with van der Waals surface area (Å²) in [7, 11) is 0. The summed E-state index contributed by atoms with van der Waals surface area (Å²) in [5.41, 5.74) is 1.40. The van der Waals surface area contributed by atoms with Crippen molar-refractivity contribution in [2.45, 2.75) is 25.9 Å². The predicted octanol–water partition coefficient (Wildman–Crippen LogP) is 2.94. The van der Waals surface area contributed by atoms with Crippen molar-refractivity contribution < 1.29 is 22.8 Å². The largest absolute Gasteiger partial charge is 0.341 e. The van der Waals surface area contributed by atoms with E-state index in [2.05, 4.69) is 20.2 Å². The van der Waals surface area contributed by atoms with Crippen molar-refractivity contribution in [1.29, 1.82) is 0 Å². The average Bonchev–Trinajstić information content (AvgIpc) is 3.51. The van der Waals surface area contributed by atoms with Gasteiger partial charge in [0.1, 0.15) is 23.6 Å². The van der Waals surface area contributed by atoms with Crippen LogP contribution in [0.25, 0.3) is 11.3 Å². The molecule has 192 valence electrons. The van der Waals surface area contributed by atoms with Crippen LogP contribution in [0.4, 0.5) is 23.9 Å². The number of hydrogen-bond acceptors (Lipinski definition) is 7. The molecule has 0 spiro atoms. The van der Waals surface area contributed by atoms with E-state index in [9.17, 15) is 22.8 Å². The highest BCUT2D eigenvalue weighted by atomic mass is 19.1. The molecule has 10 nitrogen and oxygen atoms in total. The number of benzene rings is 1. The molecular formula is C24H23F3N8O2. The second-order valence-electron chi connectivity index (χ2n) is 8.74. The number of hydrogen-bond donors (Lipinski definition) is 0. The Balaban J connectivity index is 1.28. The fourth-order valence-electron chi connectivity index (χ4n) is 4.50. The van der Waals surface area contributed by atoms with Gasteiger partial charge in [-0.15, -0.1) is 0 Å². The molecule has 2 aliphatic heterocycles. The van der Waals surface area contributed by atoms with E-state index in [0.29, 0.717) is 61.7 Å². The first-order valence-corrected chi connectivity index (χ1v) is 11.7. The smallest absolute Gasteiger partial charge is 0.337 e. The van der Waals surface area contributed by atoms with Gasteiger partial charge in [0.25, 0.3) is 0 Å². The molecule has 0 radical (unpaired) electrons. The molecule has 3 aromatic rings. The van der Waals surface area contributed by atoms with Crippen molar-refractivity contribution in [3.8, 4) is 11.3 Å². The summed E-state index contributed by atoms with van der Waals surface area (Å²) < 4.78 is 43.5. The maximum absolute atomic E-state index is 14.6. The molecule has 13 heteroatoms. The number of aromatic nitrogens is 4. The van der Waals surface area contributed by atoms with E-state index >= 15 is 0 Å². The number of carbonyl (C=O) groups is 2. The van der Waals surface area contributed by atoms with Crippen molar-refractivity contribution in [1.82, 2.24) is 29.7 Å². The molecular weight excluding hydrogens is 489 g/mol. The molecule has 37 heavy (non-hydrogen) atoms. The zero-order valence-corrected chi connectivity index (χ0v) is 19.9. The number of halogens is 3. The molecule has 2 aliphatic rings. The summed E-state index contributed by atoms with van der Waals surface area (Å²) in [5, 5.41) is 9.60. The van der Waals surface area contributed by atoms with E-state index in [0.717, 1.165) is 12.3 Å². The van der Waals surface area contributed by atoms with E-state index in [-0.39, 0.29) is 18.3 Å². The molecule has 1 aromatic carbocycles. The Morgan fingerprint density at radius 1 is 1.11 bits per heavy atom. The highest BCUT2D eigenvalue weighted by molar-refractivity contribution is 5.78. The summed E-state index contributed by atoms with van der Waals surface area (Å²) >= 11 is 0. The number of nitrogens with zero attached hydrogens (tertiary/aromatic N) is 8. The zero-order chi connectivity index (χ0) is 26.1. The second-order valence-corrected chi connectivity index (χ2v) is 8.74. The van der Waals surface area contributed by atoms with Crippen LogP contribution in [0.15, 0.2) is 35.7 Å². The lowest BCUT2D eigenvalue weighted by Gasteiger charge is -2.37. The third kappa shape index (κ3) is 4.88. The van der Waals surface area contributed by atoms with Crippen molar-refractivity contribution in [3.05, 3.63) is 59.3 Å². The molecule has 5 rings (SSSR count). The number of piperazine rings is 1. The van der Waals surface area contributed by atoms with Crippen LogP contribution in [0.1, 0.15) is 23.7 Å². The monoisotopic (exact) mass is 512 g/mol. The second kappa shape index (κ2) is 9.99. The molecule has 2 amide bonds. The number of hydrazone groups is 1. The third-order valence-electron chi connectivity index (χ3n) is 6.32. The highest BCUT2D eigenvalue weighted by Crippen LogP contribution is 2.31. The number of aldehydes is 1. The summed E-state index contributed by atoms with van der Waals surface area (Å²) in [6, 6.07) is 2.22. The quantitative estimate of drug-likeness (QED) is 0.488. The fourth-order valence-corrected chi connectivity index (χ4v) is 4.50. The minimum Gasteiger partial charge on any atom is -0.337 e. The Morgan fingerprint density at radius 3 is 2.54 bits per heavy atom. The van der Waals surface area contributed by atoms with Gasteiger partial charge < -0.3 is 14.6 Å². The van der Waals surface area contributed by atoms with Gasteiger partial charge in [-0.3, -0.25) is 4.68 Å². The first-order chi connectivity index (χ1) is 17.8. The van der Waals surface area contributed by atoms with Crippen LogP contribution in [0.3, 0.4) is 0 Å². The number of rotatable bonds is 5. The number of aryl methyl sites for hydroxylation is 1. The molecule has 0 aliphatic carbocycles. The highest BCUT2D eigenvalue weighted by Gasteiger charge is 2.34. The summed E-state index contributed by atoms with van der Waals surface area (Å²) in [6.07, 6.45) is 5.25. The molecule has 1 saturated heterocycles. The van der Waals surface area contributed by atoms with Crippen LogP contribution >= 0.6 is 0 Å². The van der Waals surface area contributed by atoms with E-state index in [1.807, 2.05) is 4.90 Å². The van der Waals surface area contributed by atoms with Crippen LogP contribution in [-0.4, -0.2) is 74.4 Å². The summed E-state index contributed by atoms with van der Waals surface area (Å²) in [4.78, 5) is 36.0. The fraction of sp³-hybridized carbons (Fsp3) is 0.333. The molecule has 1 atom stereocenters. The number of anilines is 1. The Bertz CT molecular complexity index is 1350. The molecule has 0 saturated carbocycles. The van der Waals surface area contributed by atoms with Crippen molar-refractivity contribution >= 4 is 24.5 Å². The number of urea groups is 1. The van der Waals surface area contributed by atoms with Gasteiger partial charge in [0.05, 0.1) is 24.5 Å². The molecule has 0 N–H and O–H groups in total. The standard InChI is InChI=1S/C24H23F3N8O2/c1-15-19(14-34(31-15)8-9-36)22-20(27)13-28-23(30-22)32-4-6-33(7-5-32)24(37)35-21(2-3-29-35)16-10-17(25)12-18(26)11-16/h3,9-14,21H,2,4-8H2,1H3/t21-/m0/s1. The molecule has 4 heterocycles. The predicted molar refractivity (Wildman–Crippen MR) is 127 cm³/mol. The lowest BCUT2D eigenvalue weighted by atomic mass is 10.0. The SMILES string of the molecule is Cc1nn(CC=O)cc1-c1nc(N2CCN(C(=O)N3N=CC[C@H]3c3cc(F)cc(F)c3)CC2)ncc1F. The Morgan fingerprint density at radius 2 is 1.84 bits per heavy atom. The zero-order valence-electron chi connectivity index (χ0n) is 19.9. The Hall–Kier alpha value is -4.29. The Labute approximate surface area is 210 Å². The normalized spacial score (nSPS) is 17.5. The van der Waals surface area contributed by atoms with Crippen molar-refractivity contribution in [3.63, 3.8) is 0 Å². The van der Waals surface area contributed by atoms with E-state index < -0.39 is 23.5 Å². The third-order valence-corrected chi connectivity index (χ3v) is 6.32. The van der Waals surface area contributed by atoms with Crippen LogP contribution in [-0.2, 0) is 11.3 Å². The number of carbonyl (C=O) groups excluding carboxylic acids is 2. The minimum atomic E-state index is -0.715. The van der Waals surface area contributed by atoms with Crippen molar-refractivity contribution in [2.24, 2.45) is 5.10 Å². The molecule has 0 bridgehead atoms. The van der Waals surface area contributed by atoms with Gasteiger partial charge in [0, 0.05) is 56.6 Å². The van der Waals surface area contributed by atoms with E-state index in [4.69, 9.17) is 0 Å². The van der Waals surface area contributed by atoms with Crippen LogP contribution in [0.2, 0.25) is 0 Å². The maximum atomic E-state index is 14.6. The van der Waals surface area contributed by atoms with Gasteiger partial charge >= 0.3 is 6.03 Å². The van der Waals surface area contributed by atoms with Crippen LogP contribution < -0.4 is 4.90 Å². The van der Waals surface area contributed by atoms with Crippen LogP contribution in [0, 0.1) is 24.4 Å². The van der Waals surface area contributed by atoms with Gasteiger partial charge in [-0.25, -0.2) is 32.9 Å². The molecule has 2 aromatic heterocycles. The van der Waals surface area contributed by atoms with Gasteiger partial charge in [0.15, 0.2) is 5.82 Å².